The molecular formula is C10H20N2O5S. The molecule has 1 saturated heterocycles. The van der Waals surface area contributed by atoms with E-state index in [-0.39, 0.29) is 6.10 Å². The molecule has 7 nitrogen and oxygen atoms in total. The number of carbonyl (C=O) groups is 1. The molecule has 8 heteroatoms. The molecule has 2 N–H and O–H groups in total. The second-order valence-corrected chi connectivity index (χ2v) is 5.57. The van der Waals surface area contributed by atoms with Crippen LogP contribution in [0.5, 0.6) is 0 Å². The zero-order valence-electron chi connectivity index (χ0n) is 10.5. The monoisotopic (exact) mass is 280 g/mol. The van der Waals surface area contributed by atoms with E-state index in [1.165, 1.54) is 0 Å². The van der Waals surface area contributed by atoms with Gasteiger partial charge >= 0.3 is 16.3 Å². The molecule has 0 amide bonds. The van der Waals surface area contributed by atoms with Crippen LogP contribution in [0.3, 0.4) is 0 Å². The molecule has 0 atom stereocenters. The summed E-state index contributed by atoms with van der Waals surface area (Å²) < 4.78 is 36.0. The maximum atomic E-state index is 11.3. The highest BCUT2D eigenvalue weighted by atomic mass is 32.2. The van der Waals surface area contributed by atoms with Gasteiger partial charge in [-0.3, -0.25) is 9.35 Å². The topological polar surface area (TPSA) is 95.9 Å². The highest BCUT2D eigenvalue weighted by Gasteiger charge is 2.22. The summed E-state index contributed by atoms with van der Waals surface area (Å²) in [5, 5.41) is 0. The lowest BCUT2D eigenvalue weighted by molar-refractivity contribution is -0.149. The second-order valence-electron chi connectivity index (χ2n) is 4.33. The third-order valence-corrected chi connectivity index (χ3v) is 3.28. The van der Waals surface area contributed by atoms with Crippen molar-refractivity contribution in [3.8, 4) is 0 Å². The first kappa shape index (κ1) is 15.4. The predicted molar refractivity (Wildman–Crippen MR) is 65.4 cm³/mol. The van der Waals surface area contributed by atoms with Gasteiger partial charge in [-0.15, -0.1) is 0 Å². The zero-order valence-corrected chi connectivity index (χ0v) is 11.3. The van der Waals surface area contributed by atoms with Gasteiger partial charge in [-0.1, -0.05) is 6.92 Å². The van der Waals surface area contributed by atoms with Crippen molar-refractivity contribution < 1.29 is 22.5 Å². The summed E-state index contributed by atoms with van der Waals surface area (Å²) in [7, 11) is -4.34. The van der Waals surface area contributed by atoms with Crippen LogP contribution in [0.2, 0.25) is 0 Å². The van der Waals surface area contributed by atoms with Gasteiger partial charge in [0.15, 0.2) is 0 Å². The minimum Gasteiger partial charge on any atom is -0.461 e. The summed E-state index contributed by atoms with van der Waals surface area (Å²) in [6, 6.07) is 0. The SMILES string of the molecule is CCCN1CCC(OC(=O)CNS(=O)(=O)O)CC1. The number of ether oxygens (including phenoxy) is 1. The van der Waals surface area contributed by atoms with Gasteiger partial charge in [-0.25, -0.2) is 0 Å². The Balaban J connectivity index is 2.22. The Morgan fingerprint density at radius 1 is 1.44 bits per heavy atom. The smallest absolute Gasteiger partial charge is 0.333 e. The van der Waals surface area contributed by atoms with E-state index in [1.807, 2.05) is 0 Å². The first-order valence-corrected chi connectivity index (χ1v) is 7.48. The number of carbonyl (C=O) groups excluding carboxylic acids is 1. The molecule has 18 heavy (non-hydrogen) atoms. The molecule has 0 spiro atoms. The average molecular weight is 280 g/mol. The molecule has 0 unspecified atom stereocenters. The Morgan fingerprint density at radius 2 is 2.06 bits per heavy atom. The van der Waals surface area contributed by atoms with Crippen molar-refractivity contribution in [2.75, 3.05) is 26.2 Å². The number of piperidine rings is 1. The number of likely N-dealkylation sites (tertiary alicyclic amines) is 1. The lowest BCUT2D eigenvalue weighted by Gasteiger charge is -2.31. The Kier molecular flexibility index (Phi) is 6.00. The summed E-state index contributed by atoms with van der Waals surface area (Å²) in [5.74, 6) is -0.665. The van der Waals surface area contributed by atoms with Gasteiger partial charge in [-0.05, 0) is 25.8 Å². The van der Waals surface area contributed by atoms with Crippen LogP contribution < -0.4 is 4.72 Å². The zero-order chi connectivity index (χ0) is 13.6. The summed E-state index contributed by atoms with van der Waals surface area (Å²) in [5.41, 5.74) is 0. The molecule has 0 saturated carbocycles. The van der Waals surface area contributed by atoms with Gasteiger partial charge < -0.3 is 9.64 Å². The molecule has 0 aromatic heterocycles. The number of hydrogen-bond acceptors (Lipinski definition) is 5. The van der Waals surface area contributed by atoms with Crippen LogP contribution in [-0.4, -0.2) is 56.1 Å². The standard InChI is InChI=1S/C10H20N2O5S/c1-2-5-12-6-3-9(4-7-12)17-10(13)8-11-18(14,15)16/h9,11H,2-8H2,1H3,(H,14,15,16). The van der Waals surface area contributed by atoms with E-state index < -0.39 is 22.8 Å². The molecule has 1 heterocycles. The molecule has 0 bridgehead atoms. The van der Waals surface area contributed by atoms with Gasteiger partial charge in [0.1, 0.15) is 12.6 Å². The van der Waals surface area contributed by atoms with Gasteiger partial charge in [0, 0.05) is 13.1 Å². The van der Waals surface area contributed by atoms with Crippen LogP contribution in [0, 0.1) is 0 Å². The summed E-state index contributed by atoms with van der Waals surface area (Å²) in [6.45, 7) is 4.40. The van der Waals surface area contributed by atoms with Crippen molar-refractivity contribution in [2.45, 2.75) is 32.3 Å². The van der Waals surface area contributed by atoms with Crippen molar-refractivity contribution in [3.63, 3.8) is 0 Å². The van der Waals surface area contributed by atoms with Crippen molar-refractivity contribution >= 4 is 16.3 Å². The predicted octanol–water partition coefficient (Wildman–Crippen LogP) is -0.204. The fourth-order valence-corrected chi connectivity index (χ4v) is 2.24. The lowest BCUT2D eigenvalue weighted by Crippen LogP contribution is -2.39. The van der Waals surface area contributed by atoms with Gasteiger partial charge in [-0.2, -0.15) is 13.1 Å². The molecular weight excluding hydrogens is 260 g/mol. The first-order chi connectivity index (χ1) is 8.40. The largest absolute Gasteiger partial charge is 0.461 e. The third kappa shape index (κ3) is 6.29. The fourth-order valence-electron chi connectivity index (χ4n) is 1.94. The quantitative estimate of drug-likeness (QED) is 0.516. The van der Waals surface area contributed by atoms with Crippen LogP contribution in [0.1, 0.15) is 26.2 Å². The summed E-state index contributed by atoms with van der Waals surface area (Å²) >= 11 is 0. The number of nitrogens with one attached hydrogen (secondary N) is 1. The second kappa shape index (κ2) is 7.03. The average Bonchev–Trinajstić information content (AvgIpc) is 2.29. The van der Waals surface area contributed by atoms with Crippen molar-refractivity contribution in [1.82, 2.24) is 9.62 Å². The van der Waals surface area contributed by atoms with Crippen LogP contribution in [0.25, 0.3) is 0 Å². The maximum Gasteiger partial charge on any atom is 0.333 e. The van der Waals surface area contributed by atoms with E-state index >= 15 is 0 Å². The van der Waals surface area contributed by atoms with Gasteiger partial charge in [0.2, 0.25) is 0 Å². The molecule has 0 aromatic carbocycles. The molecule has 0 aromatic rings. The number of hydrogen-bond donors (Lipinski definition) is 2. The Hall–Kier alpha value is -0.700. The van der Waals surface area contributed by atoms with E-state index in [0.29, 0.717) is 0 Å². The lowest BCUT2D eigenvalue weighted by atomic mass is 10.1. The molecule has 1 fully saturated rings. The van der Waals surface area contributed by atoms with Crippen LogP contribution >= 0.6 is 0 Å². The first-order valence-electron chi connectivity index (χ1n) is 6.04. The van der Waals surface area contributed by atoms with Gasteiger partial charge in [0.05, 0.1) is 0 Å². The van der Waals surface area contributed by atoms with Crippen molar-refractivity contribution in [2.24, 2.45) is 0 Å². The minimum absolute atomic E-state index is 0.159. The number of esters is 1. The van der Waals surface area contributed by atoms with E-state index in [2.05, 4.69) is 11.8 Å². The molecule has 1 rings (SSSR count). The van der Waals surface area contributed by atoms with E-state index in [0.717, 1.165) is 38.9 Å². The minimum atomic E-state index is -4.34. The Bertz CT molecular complexity index is 362. The molecule has 106 valence electrons. The summed E-state index contributed by atoms with van der Waals surface area (Å²) in [6.07, 6.45) is 2.46. The Labute approximate surface area is 107 Å². The van der Waals surface area contributed by atoms with Crippen molar-refractivity contribution in [3.05, 3.63) is 0 Å². The maximum absolute atomic E-state index is 11.3. The van der Waals surface area contributed by atoms with Crippen LogP contribution in [0.15, 0.2) is 0 Å². The van der Waals surface area contributed by atoms with Crippen LogP contribution in [0.4, 0.5) is 0 Å². The van der Waals surface area contributed by atoms with Crippen LogP contribution in [-0.2, 0) is 19.8 Å². The molecule has 0 radical (unpaired) electrons. The van der Waals surface area contributed by atoms with E-state index in [9.17, 15) is 13.2 Å². The van der Waals surface area contributed by atoms with Crippen molar-refractivity contribution in [1.29, 1.82) is 0 Å². The number of nitrogens with zero attached hydrogens (tertiary/aromatic N) is 1. The normalized spacial score (nSPS) is 18.8. The fraction of sp³-hybridized carbons (Fsp3) is 0.900. The highest BCUT2D eigenvalue weighted by Crippen LogP contribution is 2.13. The third-order valence-electron chi connectivity index (χ3n) is 2.77. The van der Waals surface area contributed by atoms with E-state index in [4.69, 9.17) is 9.29 Å². The molecule has 0 aliphatic carbocycles. The van der Waals surface area contributed by atoms with E-state index in [1.54, 1.807) is 4.72 Å². The Morgan fingerprint density at radius 3 is 2.56 bits per heavy atom. The summed E-state index contributed by atoms with van der Waals surface area (Å²) in [4.78, 5) is 13.6. The van der Waals surface area contributed by atoms with Gasteiger partial charge in [0.25, 0.3) is 0 Å². The molecule has 1 aliphatic rings. The molecule has 1 aliphatic heterocycles. The number of rotatable bonds is 6. The highest BCUT2D eigenvalue weighted by molar-refractivity contribution is 7.83.